The minimum Gasteiger partial charge on any atom is -0.333 e. The number of hydrogen-bond acceptors (Lipinski definition) is 2. The molecule has 0 saturated carbocycles. The van der Waals surface area contributed by atoms with Crippen LogP contribution in [0, 0.1) is 11.6 Å². The van der Waals surface area contributed by atoms with Gasteiger partial charge in [0.15, 0.2) is 0 Å². The Morgan fingerprint density at radius 3 is 2.54 bits per heavy atom. The third-order valence-electron chi connectivity index (χ3n) is 4.94. The first-order valence-corrected chi connectivity index (χ1v) is 8.81. The van der Waals surface area contributed by atoms with Crippen molar-refractivity contribution in [2.24, 2.45) is 0 Å². The second-order valence-corrected chi connectivity index (χ2v) is 6.33. The number of rotatable bonds is 6. The van der Waals surface area contributed by atoms with Crippen molar-refractivity contribution in [1.82, 2.24) is 18.7 Å². The van der Waals surface area contributed by atoms with Crippen molar-refractivity contribution in [3.8, 4) is 0 Å². The number of nitrogens with zero attached hydrogens (tertiary/aromatic N) is 4. The van der Waals surface area contributed by atoms with Crippen LogP contribution >= 0.6 is 0 Å². The van der Waals surface area contributed by atoms with Gasteiger partial charge in [-0.25, -0.2) is 18.6 Å². The Morgan fingerprint density at radius 1 is 1.23 bits per heavy atom. The quantitative estimate of drug-likeness (QED) is 0.636. The molecule has 0 saturated heterocycles. The minimum absolute atomic E-state index is 0.0321. The minimum atomic E-state index is -0.899. The van der Waals surface area contributed by atoms with Gasteiger partial charge in [-0.2, -0.15) is 0 Å². The van der Waals surface area contributed by atoms with Crippen LogP contribution in [0.15, 0.2) is 23.4 Å². The zero-order valence-corrected chi connectivity index (χ0v) is 15.2. The van der Waals surface area contributed by atoms with Gasteiger partial charge in [-0.15, -0.1) is 0 Å². The van der Waals surface area contributed by atoms with Crippen LogP contribution in [-0.4, -0.2) is 26.5 Å². The smallest absolute Gasteiger partial charge is 0.329 e. The van der Waals surface area contributed by atoms with Crippen molar-refractivity contribution in [3.63, 3.8) is 0 Å². The first-order valence-electron chi connectivity index (χ1n) is 8.81. The number of imidazole rings is 2. The van der Waals surface area contributed by atoms with Crippen LogP contribution in [0.5, 0.6) is 0 Å². The molecule has 2 radical (unpaired) electrons. The fourth-order valence-electron chi connectivity index (χ4n) is 3.46. The van der Waals surface area contributed by atoms with Gasteiger partial charge >= 0.3 is 5.69 Å². The maximum Gasteiger partial charge on any atom is 0.329 e. The molecule has 8 heteroatoms. The molecule has 3 rings (SSSR count). The third kappa shape index (κ3) is 2.77. The topological polar surface area (TPSA) is 44.8 Å². The number of fused-ring (bicyclic) bond motifs is 1. The fraction of sp³-hybridized carbons (Fsp3) is 0.444. The van der Waals surface area contributed by atoms with E-state index in [-0.39, 0.29) is 29.3 Å². The van der Waals surface area contributed by atoms with E-state index in [0.717, 1.165) is 11.8 Å². The van der Waals surface area contributed by atoms with Crippen LogP contribution in [0.25, 0.3) is 11.0 Å². The van der Waals surface area contributed by atoms with Gasteiger partial charge in [0.05, 0.1) is 24.1 Å². The molecule has 2 aromatic heterocycles. The van der Waals surface area contributed by atoms with E-state index in [2.05, 4.69) is 4.98 Å². The molecule has 0 spiro atoms. The highest BCUT2D eigenvalue weighted by Crippen LogP contribution is 2.24. The molecule has 0 atom stereocenters. The molecular formula is C18H21BF2N4O. The SMILES string of the molecule is [B]c1c(F)cc2c(c1F)n(Cc1cncn1CC)c(=O)n2C(CC)CC. The molecule has 5 nitrogen and oxygen atoms in total. The van der Waals surface area contributed by atoms with Gasteiger partial charge in [-0.1, -0.05) is 13.8 Å². The van der Waals surface area contributed by atoms with Crippen LogP contribution in [0.3, 0.4) is 0 Å². The number of aryl methyl sites for hydroxylation is 1. The summed E-state index contributed by atoms with van der Waals surface area (Å²) in [6, 6.07) is 1.01. The Kier molecular flexibility index (Phi) is 5.02. The molecule has 0 unspecified atom stereocenters. The Hall–Kier alpha value is -2.38. The van der Waals surface area contributed by atoms with E-state index in [4.69, 9.17) is 7.85 Å². The molecular weight excluding hydrogens is 337 g/mol. The molecule has 26 heavy (non-hydrogen) atoms. The summed E-state index contributed by atoms with van der Waals surface area (Å²) in [4.78, 5) is 17.2. The largest absolute Gasteiger partial charge is 0.333 e. The fourth-order valence-corrected chi connectivity index (χ4v) is 3.46. The monoisotopic (exact) mass is 358 g/mol. The lowest BCUT2D eigenvalue weighted by Gasteiger charge is -2.14. The number of hydrogen-bond donors (Lipinski definition) is 0. The van der Waals surface area contributed by atoms with Gasteiger partial charge in [0.1, 0.15) is 25.0 Å². The van der Waals surface area contributed by atoms with E-state index in [1.807, 2.05) is 25.3 Å². The van der Waals surface area contributed by atoms with Crippen molar-refractivity contribution in [1.29, 1.82) is 0 Å². The first kappa shape index (κ1) is 18.4. The Labute approximate surface area is 151 Å². The van der Waals surface area contributed by atoms with Gasteiger partial charge in [-0.05, 0) is 31.3 Å². The summed E-state index contributed by atoms with van der Waals surface area (Å²) in [7, 11) is 5.55. The van der Waals surface area contributed by atoms with E-state index >= 15 is 0 Å². The summed E-state index contributed by atoms with van der Waals surface area (Å²) in [6.45, 7) is 6.65. The van der Waals surface area contributed by atoms with Gasteiger partial charge in [0.25, 0.3) is 0 Å². The Morgan fingerprint density at radius 2 is 1.92 bits per heavy atom. The molecule has 0 fully saturated rings. The van der Waals surface area contributed by atoms with Crippen molar-refractivity contribution in [3.05, 3.63) is 46.4 Å². The van der Waals surface area contributed by atoms with E-state index in [0.29, 0.717) is 19.4 Å². The summed E-state index contributed by atoms with van der Waals surface area (Å²) in [6.07, 6.45) is 4.65. The predicted molar refractivity (Wildman–Crippen MR) is 98.1 cm³/mol. The summed E-state index contributed by atoms with van der Waals surface area (Å²) < 4.78 is 33.6. The third-order valence-corrected chi connectivity index (χ3v) is 4.94. The number of benzene rings is 1. The van der Waals surface area contributed by atoms with E-state index in [9.17, 15) is 13.6 Å². The molecule has 0 amide bonds. The first-order chi connectivity index (χ1) is 12.4. The lowest BCUT2D eigenvalue weighted by molar-refractivity contribution is 0.461. The Bertz CT molecular complexity index is 1000. The maximum absolute atomic E-state index is 14.8. The van der Waals surface area contributed by atoms with Gasteiger partial charge in [0.2, 0.25) is 0 Å². The van der Waals surface area contributed by atoms with Crippen LogP contribution in [0.2, 0.25) is 0 Å². The second kappa shape index (κ2) is 7.09. The number of halogens is 2. The average molecular weight is 358 g/mol. The summed E-state index contributed by atoms with van der Waals surface area (Å²) >= 11 is 0. The molecule has 3 aromatic rings. The van der Waals surface area contributed by atoms with Crippen molar-refractivity contribution < 1.29 is 8.78 Å². The zero-order valence-electron chi connectivity index (χ0n) is 15.2. The summed E-state index contributed by atoms with van der Waals surface area (Å²) in [5.41, 5.74) is 0.0824. The van der Waals surface area contributed by atoms with E-state index < -0.39 is 17.1 Å². The second-order valence-electron chi connectivity index (χ2n) is 6.33. The molecule has 0 aliphatic carbocycles. The average Bonchev–Trinajstić information content (AvgIpc) is 3.19. The van der Waals surface area contributed by atoms with Crippen molar-refractivity contribution >= 4 is 24.3 Å². The van der Waals surface area contributed by atoms with Crippen LogP contribution in [-0.2, 0) is 13.1 Å². The van der Waals surface area contributed by atoms with E-state index in [1.165, 1.54) is 9.13 Å². The number of aromatic nitrogens is 4. The van der Waals surface area contributed by atoms with Crippen molar-refractivity contribution in [2.75, 3.05) is 0 Å². The highest BCUT2D eigenvalue weighted by atomic mass is 19.1. The Balaban J connectivity index is 2.33. The maximum atomic E-state index is 14.8. The molecule has 0 aliphatic heterocycles. The lowest BCUT2D eigenvalue weighted by Crippen LogP contribution is -2.28. The molecule has 2 heterocycles. The van der Waals surface area contributed by atoms with Crippen molar-refractivity contribution in [2.45, 2.75) is 52.7 Å². The standard InChI is InChI=1S/C18H21BF2N4O/c1-4-11(5-2)25-14-7-13(20)15(19)16(21)17(14)24(18(25)26)9-12-8-22-10-23(12)6-3/h7-8,10-11H,4-6,9H2,1-3H3. The zero-order chi connectivity index (χ0) is 19.0. The lowest BCUT2D eigenvalue weighted by atomic mass is 9.94. The van der Waals surface area contributed by atoms with Gasteiger partial charge < -0.3 is 4.57 Å². The predicted octanol–water partition coefficient (Wildman–Crippen LogP) is 2.50. The molecule has 1 aromatic carbocycles. The summed E-state index contributed by atoms with van der Waals surface area (Å²) in [5.74, 6) is -1.75. The normalized spacial score (nSPS) is 11.8. The van der Waals surface area contributed by atoms with Crippen LogP contribution < -0.4 is 11.2 Å². The highest BCUT2D eigenvalue weighted by molar-refractivity contribution is 6.33. The molecule has 136 valence electrons. The van der Waals surface area contributed by atoms with Crippen LogP contribution in [0.4, 0.5) is 8.78 Å². The summed E-state index contributed by atoms with van der Waals surface area (Å²) in [5, 5.41) is 0. The van der Waals surface area contributed by atoms with Gasteiger partial charge in [0, 0.05) is 18.8 Å². The molecule has 0 bridgehead atoms. The molecule has 0 N–H and O–H groups in total. The highest BCUT2D eigenvalue weighted by Gasteiger charge is 2.24. The molecule has 0 aliphatic rings. The van der Waals surface area contributed by atoms with E-state index in [1.54, 1.807) is 12.5 Å². The van der Waals surface area contributed by atoms with Gasteiger partial charge in [-0.3, -0.25) is 9.13 Å². The van der Waals surface area contributed by atoms with Crippen LogP contribution in [0.1, 0.15) is 45.3 Å².